The summed E-state index contributed by atoms with van der Waals surface area (Å²) < 4.78 is 0. The Morgan fingerprint density at radius 3 is 2.58 bits per heavy atom. The van der Waals surface area contributed by atoms with Crippen LogP contribution >= 0.6 is 0 Å². The lowest BCUT2D eigenvalue weighted by molar-refractivity contribution is -0.121. The van der Waals surface area contributed by atoms with E-state index in [1.165, 1.54) is 38.5 Å². The van der Waals surface area contributed by atoms with Crippen molar-refractivity contribution in [3.8, 4) is 0 Å². The third-order valence-corrected chi connectivity index (χ3v) is 4.29. The highest BCUT2D eigenvalue weighted by molar-refractivity contribution is 5.75. The summed E-state index contributed by atoms with van der Waals surface area (Å²) in [4.78, 5) is 11.8. The molecule has 0 atom stereocenters. The van der Waals surface area contributed by atoms with Crippen molar-refractivity contribution >= 4 is 5.91 Å². The molecule has 0 unspecified atom stereocenters. The van der Waals surface area contributed by atoms with Crippen molar-refractivity contribution < 1.29 is 9.90 Å². The average Bonchev–Trinajstić information content (AvgIpc) is 2.38. The van der Waals surface area contributed by atoms with E-state index in [4.69, 9.17) is 5.11 Å². The smallest absolute Gasteiger partial charge is 0.220 e. The fraction of sp³-hybridized carbons (Fsp3) is 0.938. The molecular formula is C16H31NO2. The summed E-state index contributed by atoms with van der Waals surface area (Å²) in [5.74, 6) is 1.04. The lowest BCUT2D eigenvalue weighted by Gasteiger charge is -2.24. The van der Waals surface area contributed by atoms with E-state index < -0.39 is 0 Å². The van der Waals surface area contributed by atoms with Crippen LogP contribution in [0.25, 0.3) is 0 Å². The Balaban J connectivity index is 2.07. The van der Waals surface area contributed by atoms with Crippen LogP contribution in [-0.4, -0.2) is 24.2 Å². The minimum Gasteiger partial charge on any atom is -0.396 e. The molecule has 1 rings (SSSR count). The second kappa shape index (κ2) is 8.57. The van der Waals surface area contributed by atoms with Gasteiger partial charge in [0.15, 0.2) is 0 Å². The van der Waals surface area contributed by atoms with E-state index >= 15 is 0 Å². The van der Waals surface area contributed by atoms with Crippen LogP contribution in [0, 0.1) is 11.3 Å². The van der Waals surface area contributed by atoms with Crippen molar-refractivity contribution in [2.24, 2.45) is 11.3 Å². The molecule has 3 nitrogen and oxygen atoms in total. The number of amides is 1. The van der Waals surface area contributed by atoms with Gasteiger partial charge in [-0.1, -0.05) is 46.0 Å². The number of aliphatic hydroxyl groups excluding tert-OH is 1. The molecule has 2 N–H and O–H groups in total. The standard InChI is InChI=1S/C16H31NO2/c1-16(2,11-12-18)13-17-15(19)10-6-9-14-7-4-3-5-8-14/h14,18H,3-13H2,1-2H3,(H,17,19). The van der Waals surface area contributed by atoms with Gasteiger partial charge in [-0.25, -0.2) is 0 Å². The molecule has 1 fully saturated rings. The van der Waals surface area contributed by atoms with Crippen LogP contribution in [-0.2, 0) is 4.79 Å². The number of nitrogens with one attached hydrogen (secondary N) is 1. The zero-order chi connectivity index (χ0) is 14.1. The molecule has 0 heterocycles. The minimum atomic E-state index is -0.00617. The van der Waals surface area contributed by atoms with E-state index in [1.54, 1.807) is 0 Å². The summed E-state index contributed by atoms with van der Waals surface area (Å²) in [6, 6.07) is 0. The van der Waals surface area contributed by atoms with Gasteiger partial charge in [-0.05, 0) is 30.6 Å². The van der Waals surface area contributed by atoms with Gasteiger partial charge in [0, 0.05) is 19.6 Å². The van der Waals surface area contributed by atoms with Gasteiger partial charge in [0.05, 0.1) is 0 Å². The van der Waals surface area contributed by atoms with E-state index in [1.807, 2.05) is 0 Å². The predicted molar refractivity (Wildman–Crippen MR) is 78.9 cm³/mol. The number of aliphatic hydroxyl groups is 1. The topological polar surface area (TPSA) is 49.3 Å². The monoisotopic (exact) mass is 269 g/mol. The lowest BCUT2D eigenvalue weighted by Crippen LogP contribution is -2.34. The highest BCUT2D eigenvalue weighted by Gasteiger charge is 2.18. The summed E-state index contributed by atoms with van der Waals surface area (Å²) in [7, 11) is 0. The van der Waals surface area contributed by atoms with E-state index in [0.29, 0.717) is 13.0 Å². The number of hydrogen-bond donors (Lipinski definition) is 2. The number of hydrogen-bond acceptors (Lipinski definition) is 2. The summed E-state index contributed by atoms with van der Waals surface area (Å²) in [5.41, 5.74) is -0.00617. The molecule has 0 aliphatic heterocycles. The molecule has 0 aromatic carbocycles. The molecule has 1 aliphatic rings. The van der Waals surface area contributed by atoms with Crippen LogP contribution in [0.2, 0.25) is 0 Å². The molecular weight excluding hydrogens is 238 g/mol. The molecule has 0 spiro atoms. The third kappa shape index (κ3) is 7.56. The Bertz CT molecular complexity index is 257. The molecule has 0 radical (unpaired) electrons. The molecule has 0 aromatic rings. The summed E-state index contributed by atoms with van der Waals surface area (Å²) in [5, 5.41) is 11.9. The molecule has 3 heteroatoms. The normalized spacial score (nSPS) is 17.4. The Morgan fingerprint density at radius 1 is 1.26 bits per heavy atom. The van der Waals surface area contributed by atoms with Crippen LogP contribution in [0.3, 0.4) is 0 Å². The maximum atomic E-state index is 11.8. The molecule has 1 saturated carbocycles. The fourth-order valence-corrected chi connectivity index (χ4v) is 2.84. The van der Waals surface area contributed by atoms with Gasteiger partial charge < -0.3 is 10.4 Å². The maximum absolute atomic E-state index is 11.8. The van der Waals surface area contributed by atoms with Crippen molar-refractivity contribution in [2.75, 3.05) is 13.2 Å². The van der Waals surface area contributed by atoms with Crippen LogP contribution in [0.5, 0.6) is 0 Å². The molecule has 0 aromatic heterocycles. The second-order valence-corrected chi connectivity index (χ2v) is 6.81. The van der Waals surface area contributed by atoms with Crippen LogP contribution in [0.4, 0.5) is 0 Å². The fourth-order valence-electron chi connectivity index (χ4n) is 2.84. The molecule has 1 aliphatic carbocycles. The van der Waals surface area contributed by atoms with Crippen molar-refractivity contribution in [3.05, 3.63) is 0 Å². The van der Waals surface area contributed by atoms with Gasteiger partial charge in [-0.2, -0.15) is 0 Å². The Morgan fingerprint density at radius 2 is 1.95 bits per heavy atom. The quantitative estimate of drug-likeness (QED) is 0.710. The highest BCUT2D eigenvalue weighted by Crippen LogP contribution is 2.27. The van der Waals surface area contributed by atoms with Gasteiger partial charge in [-0.15, -0.1) is 0 Å². The largest absolute Gasteiger partial charge is 0.396 e. The van der Waals surface area contributed by atoms with Gasteiger partial charge in [-0.3, -0.25) is 4.79 Å². The zero-order valence-electron chi connectivity index (χ0n) is 12.7. The van der Waals surface area contributed by atoms with Gasteiger partial charge in [0.25, 0.3) is 0 Å². The van der Waals surface area contributed by atoms with E-state index in [0.717, 1.165) is 18.8 Å². The molecule has 112 valence electrons. The Labute approximate surface area is 118 Å². The first-order valence-electron chi connectivity index (χ1n) is 7.91. The number of carbonyl (C=O) groups is 1. The van der Waals surface area contributed by atoms with Crippen LogP contribution in [0.1, 0.15) is 71.6 Å². The van der Waals surface area contributed by atoms with Gasteiger partial charge in [0.2, 0.25) is 5.91 Å². The molecule has 0 bridgehead atoms. The van der Waals surface area contributed by atoms with Crippen molar-refractivity contribution in [2.45, 2.75) is 71.6 Å². The Hall–Kier alpha value is -0.570. The van der Waals surface area contributed by atoms with Crippen LogP contribution in [0.15, 0.2) is 0 Å². The Kier molecular flexibility index (Phi) is 7.44. The van der Waals surface area contributed by atoms with E-state index in [9.17, 15) is 4.79 Å². The third-order valence-electron chi connectivity index (χ3n) is 4.29. The molecule has 19 heavy (non-hydrogen) atoms. The summed E-state index contributed by atoms with van der Waals surface area (Å²) >= 11 is 0. The first kappa shape index (κ1) is 16.5. The number of carbonyl (C=O) groups excluding carboxylic acids is 1. The molecule has 1 amide bonds. The van der Waals surface area contributed by atoms with Crippen molar-refractivity contribution in [1.82, 2.24) is 5.32 Å². The second-order valence-electron chi connectivity index (χ2n) is 6.81. The first-order chi connectivity index (χ1) is 9.03. The lowest BCUT2D eigenvalue weighted by atomic mass is 9.86. The van der Waals surface area contributed by atoms with Crippen molar-refractivity contribution in [1.29, 1.82) is 0 Å². The number of rotatable bonds is 8. The summed E-state index contributed by atoms with van der Waals surface area (Å²) in [6.07, 6.45) is 10.5. The predicted octanol–water partition coefficient (Wildman–Crippen LogP) is 3.26. The molecule has 0 saturated heterocycles. The summed E-state index contributed by atoms with van der Waals surface area (Å²) in [6.45, 7) is 5.00. The minimum absolute atomic E-state index is 0.00617. The highest BCUT2D eigenvalue weighted by atomic mass is 16.3. The van der Waals surface area contributed by atoms with E-state index in [-0.39, 0.29) is 17.9 Å². The average molecular weight is 269 g/mol. The maximum Gasteiger partial charge on any atom is 0.220 e. The van der Waals surface area contributed by atoms with Gasteiger partial charge >= 0.3 is 0 Å². The zero-order valence-corrected chi connectivity index (χ0v) is 12.7. The van der Waals surface area contributed by atoms with Crippen molar-refractivity contribution in [3.63, 3.8) is 0 Å². The van der Waals surface area contributed by atoms with Gasteiger partial charge in [0.1, 0.15) is 0 Å². The van der Waals surface area contributed by atoms with Crippen LogP contribution < -0.4 is 5.32 Å². The first-order valence-corrected chi connectivity index (χ1v) is 7.91. The van der Waals surface area contributed by atoms with E-state index in [2.05, 4.69) is 19.2 Å². The SMILES string of the molecule is CC(C)(CCO)CNC(=O)CCCC1CCCCC1.